The molecule has 14 heteroatoms. The molecule has 1 heterocycles. The summed E-state index contributed by atoms with van der Waals surface area (Å²) in [5.74, 6) is -6.06. The van der Waals surface area contributed by atoms with Gasteiger partial charge in [-0.3, -0.25) is 24.0 Å². The van der Waals surface area contributed by atoms with Gasteiger partial charge >= 0.3 is 17.9 Å². The van der Waals surface area contributed by atoms with Gasteiger partial charge in [0.1, 0.15) is 23.9 Å². The molecule has 0 aromatic heterocycles. The van der Waals surface area contributed by atoms with Crippen LogP contribution in [0.25, 0.3) is 0 Å². The highest BCUT2D eigenvalue weighted by molar-refractivity contribution is 5.94. The molecule has 1 aromatic rings. The molecule has 1 aliphatic heterocycles. The van der Waals surface area contributed by atoms with Gasteiger partial charge in [0, 0.05) is 19.4 Å². The Morgan fingerprint density at radius 1 is 0.921 bits per heavy atom. The molecule has 0 spiro atoms. The number of carbonyl (C=O) groups is 6. The lowest BCUT2D eigenvalue weighted by Gasteiger charge is -2.30. The predicted octanol–water partition coefficient (Wildman–Crippen LogP) is -0.963. The van der Waals surface area contributed by atoms with Crippen molar-refractivity contribution in [1.29, 1.82) is 0 Å². The quantitative estimate of drug-likeness (QED) is 0.153. The van der Waals surface area contributed by atoms with Crippen molar-refractivity contribution in [1.82, 2.24) is 15.5 Å². The number of hydrogen-bond acceptors (Lipinski definition) is 8. The number of hydrogen-bond donors (Lipinski definition) is 7. The number of nitrogens with one attached hydrogen (secondary N) is 2. The molecule has 0 aliphatic carbocycles. The molecule has 208 valence electrons. The van der Waals surface area contributed by atoms with E-state index in [4.69, 9.17) is 15.9 Å². The van der Waals surface area contributed by atoms with Gasteiger partial charge in [0.2, 0.25) is 17.7 Å². The molecular formula is C24H32N4O10. The van der Waals surface area contributed by atoms with E-state index >= 15 is 0 Å². The van der Waals surface area contributed by atoms with Crippen LogP contribution in [-0.4, -0.2) is 91.7 Å². The summed E-state index contributed by atoms with van der Waals surface area (Å²) in [6.45, 7) is 0.114. The van der Waals surface area contributed by atoms with Crippen LogP contribution in [-0.2, 0) is 35.2 Å². The Morgan fingerprint density at radius 2 is 1.50 bits per heavy atom. The average Bonchev–Trinajstić information content (AvgIpc) is 3.34. The van der Waals surface area contributed by atoms with Crippen molar-refractivity contribution in [2.75, 3.05) is 6.54 Å². The van der Waals surface area contributed by atoms with Crippen LogP contribution in [0.3, 0.4) is 0 Å². The number of likely N-dealkylation sites (tertiary alicyclic amines) is 1. The van der Waals surface area contributed by atoms with Gasteiger partial charge < -0.3 is 41.7 Å². The molecular weight excluding hydrogens is 504 g/mol. The Balaban J connectivity index is 2.11. The molecule has 38 heavy (non-hydrogen) atoms. The van der Waals surface area contributed by atoms with Gasteiger partial charge in [-0.15, -0.1) is 0 Å². The minimum absolute atomic E-state index is 0.0341. The van der Waals surface area contributed by atoms with E-state index in [9.17, 15) is 39.0 Å². The number of nitrogens with two attached hydrogens (primary N) is 1. The van der Waals surface area contributed by atoms with Crippen LogP contribution in [0.1, 0.15) is 44.1 Å². The van der Waals surface area contributed by atoms with Crippen LogP contribution in [0, 0.1) is 0 Å². The zero-order chi connectivity index (χ0) is 28.4. The molecule has 0 radical (unpaired) electrons. The minimum atomic E-state index is -1.48. The number of carboxylic acids is 3. The number of aromatic hydroxyl groups is 1. The molecule has 4 atom stereocenters. The average molecular weight is 537 g/mol. The fourth-order valence-corrected chi connectivity index (χ4v) is 4.08. The van der Waals surface area contributed by atoms with Gasteiger partial charge in [-0.05, 0) is 49.8 Å². The van der Waals surface area contributed by atoms with Crippen LogP contribution in [0.5, 0.6) is 5.75 Å². The summed E-state index contributed by atoms with van der Waals surface area (Å²) in [4.78, 5) is 73.5. The molecule has 4 unspecified atom stereocenters. The second-order valence-corrected chi connectivity index (χ2v) is 8.99. The Hall–Kier alpha value is -4.20. The highest BCUT2D eigenvalue weighted by atomic mass is 16.4. The third-order valence-corrected chi connectivity index (χ3v) is 6.09. The van der Waals surface area contributed by atoms with Crippen LogP contribution in [0.15, 0.2) is 24.3 Å². The summed E-state index contributed by atoms with van der Waals surface area (Å²) in [6, 6.07) is 1.04. The summed E-state index contributed by atoms with van der Waals surface area (Å²) in [5.41, 5.74) is 6.62. The van der Waals surface area contributed by atoms with E-state index in [0.717, 1.165) is 4.90 Å². The summed E-state index contributed by atoms with van der Waals surface area (Å²) in [5, 5.41) is 41.4. The fourth-order valence-electron chi connectivity index (χ4n) is 4.08. The van der Waals surface area contributed by atoms with E-state index in [0.29, 0.717) is 12.0 Å². The summed E-state index contributed by atoms with van der Waals surface area (Å²) in [7, 11) is 0. The fraction of sp³-hybridized carbons (Fsp3) is 0.500. The second-order valence-electron chi connectivity index (χ2n) is 8.99. The largest absolute Gasteiger partial charge is 0.508 e. The summed E-state index contributed by atoms with van der Waals surface area (Å²) < 4.78 is 0. The zero-order valence-electron chi connectivity index (χ0n) is 20.5. The van der Waals surface area contributed by atoms with Crippen molar-refractivity contribution >= 4 is 35.6 Å². The van der Waals surface area contributed by atoms with Crippen LogP contribution in [0.2, 0.25) is 0 Å². The maximum atomic E-state index is 13.3. The molecule has 0 bridgehead atoms. The van der Waals surface area contributed by atoms with E-state index in [1.165, 1.54) is 12.1 Å². The molecule has 1 aromatic carbocycles. The first-order chi connectivity index (χ1) is 17.9. The lowest BCUT2D eigenvalue weighted by atomic mass is 10.0. The van der Waals surface area contributed by atoms with Gasteiger partial charge in [-0.1, -0.05) is 12.1 Å². The Bertz CT molecular complexity index is 1050. The summed E-state index contributed by atoms with van der Waals surface area (Å²) >= 11 is 0. The second kappa shape index (κ2) is 13.9. The maximum absolute atomic E-state index is 13.3. The number of amides is 3. The lowest BCUT2D eigenvalue weighted by molar-refractivity contribution is -0.145. The van der Waals surface area contributed by atoms with Crippen LogP contribution < -0.4 is 16.4 Å². The maximum Gasteiger partial charge on any atom is 0.326 e. The van der Waals surface area contributed by atoms with Crippen LogP contribution >= 0.6 is 0 Å². The Kier molecular flexibility index (Phi) is 11.0. The minimum Gasteiger partial charge on any atom is -0.508 e. The predicted molar refractivity (Wildman–Crippen MR) is 130 cm³/mol. The smallest absolute Gasteiger partial charge is 0.326 e. The van der Waals surface area contributed by atoms with Crippen molar-refractivity contribution in [3.05, 3.63) is 29.8 Å². The number of nitrogens with zero attached hydrogens (tertiary/aromatic N) is 1. The topological polar surface area (TPSA) is 237 Å². The van der Waals surface area contributed by atoms with Gasteiger partial charge in [-0.25, -0.2) is 4.79 Å². The van der Waals surface area contributed by atoms with Crippen LogP contribution in [0.4, 0.5) is 0 Å². The SMILES string of the molecule is NC(Cc1ccc(O)cc1)C(=O)NC(CCC(=O)O)C(=O)N1CCCC1C(=O)NC(CCC(=O)O)C(=O)O. The number of phenolic OH excluding ortho intramolecular Hbond substituents is 1. The van der Waals surface area contributed by atoms with E-state index < -0.39 is 72.6 Å². The van der Waals surface area contributed by atoms with Gasteiger partial charge in [0.15, 0.2) is 0 Å². The first-order valence-corrected chi connectivity index (χ1v) is 12.0. The van der Waals surface area contributed by atoms with Gasteiger partial charge in [0.25, 0.3) is 0 Å². The highest BCUT2D eigenvalue weighted by Crippen LogP contribution is 2.20. The van der Waals surface area contributed by atoms with E-state index in [1.807, 2.05) is 0 Å². The normalized spacial score (nSPS) is 17.2. The third-order valence-electron chi connectivity index (χ3n) is 6.09. The van der Waals surface area contributed by atoms with E-state index in [2.05, 4.69) is 10.6 Å². The number of benzene rings is 1. The number of aliphatic carboxylic acids is 3. The van der Waals surface area contributed by atoms with E-state index in [-0.39, 0.29) is 38.0 Å². The third kappa shape index (κ3) is 9.03. The zero-order valence-corrected chi connectivity index (χ0v) is 20.5. The molecule has 1 fully saturated rings. The van der Waals surface area contributed by atoms with Crippen molar-refractivity contribution in [3.63, 3.8) is 0 Å². The molecule has 1 saturated heterocycles. The van der Waals surface area contributed by atoms with Crippen molar-refractivity contribution in [3.8, 4) is 5.75 Å². The lowest BCUT2D eigenvalue weighted by Crippen LogP contribution is -2.57. The monoisotopic (exact) mass is 536 g/mol. The number of carboxylic acid groups (broad SMARTS) is 3. The van der Waals surface area contributed by atoms with Crippen molar-refractivity contribution in [2.24, 2.45) is 5.73 Å². The first kappa shape index (κ1) is 30.0. The summed E-state index contributed by atoms with van der Waals surface area (Å²) in [6.07, 6.45) is -0.892. The van der Waals surface area contributed by atoms with Crippen molar-refractivity contribution < 1.29 is 49.2 Å². The number of carbonyl (C=O) groups excluding carboxylic acids is 3. The standard InChI is InChI=1S/C24H32N4O10/c25-15(12-13-3-5-14(29)6-4-13)21(34)26-16(7-9-19(30)31)23(36)28-11-1-2-18(28)22(35)27-17(24(37)38)8-10-20(32)33/h3-6,15-18,29H,1-2,7-12,25H2,(H,26,34)(H,27,35)(H,30,31)(H,32,33)(H,37,38). The molecule has 0 saturated carbocycles. The van der Waals surface area contributed by atoms with Gasteiger partial charge in [0.05, 0.1) is 6.04 Å². The number of rotatable bonds is 14. The molecule has 8 N–H and O–H groups in total. The molecule has 3 amide bonds. The van der Waals surface area contributed by atoms with E-state index in [1.54, 1.807) is 12.1 Å². The highest BCUT2D eigenvalue weighted by Gasteiger charge is 2.39. The number of phenols is 1. The van der Waals surface area contributed by atoms with Gasteiger partial charge in [-0.2, -0.15) is 0 Å². The van der Waals surface area contributed by atoms with Crippen molar-refractivity contribution in [2.45, 2.75) is 69.1 Å². The molecule has 2 rings (SSSR count). The molecule has 14 nitrogen and oxygen atoms in total. The molecule has 1 aliphatic rings. The Morgan fingerprint density at radius 3 is 2.05 bits per heavy atom. The Labute approximate surface area is 217 Å². The first-order valence-electron chi connectivity index (χ1n) is 12.0.